The molecule has 5 nitrogen and oxygen atoms in total. The highest BCUT2D eigenvalue weighted by atomic mass is 79.9. The molecule has 0 unspecified atom stereocenters. The Morgan fingerprint density at radius 2 is 2.05 bits per heavy atom. The molecule has 0 spiro atoms. The van der Waals surface area contributed by atoms with Crippen LogP contribution in [0.25, 0.3) is 10.8 Å². The molecule has 2 N–H and O–H groups in total. The molecule has 0 saturated carbocycles. The van der Waals surface area contributed by atoms with Crippen LogP contribution >= 0.6 is 15.9 Å². The number of anilines is 2. The van der Waals surface area contributed by atoms with Crippen molar-refractivity contribution < 1.29 is 4.79 Å². The summed E-state index contributed by atoms with van der Waals surface area (Å²) in [6.07, 6.45) is 1.79. The van der Waals surface area contributed by atoms with Crippen LogP contribution in [-0.4, -0.2) is 38.1 Å². The third kappa shape index (κ3) is 3.85. The van der Waals surface area contributed by atoms with Gasteiger partial charge in [-0.15, -0.1) is 0 Å². The molecule has 21 heavy (non-hydrogen) atoms. The van der Waals surface area contributed by atoms with Gasteiger partial charge in [-0.05, 0) is 28.1 Å². The van der Waals surface area contributed by atoms with Crippen molar-refractivity contribution in [2.75, 3.05) is 37.4 Å². The molecule has 2 rings (SSSR count). The topological polar surface area (TPSA) is 57.3 Å². The van der Waals surface area contributed by atoms with E-state index in [9.17, 15) is 4.79 Å². The van der Waals surface area contributed by atoms with Gasteiger partial charge in [0.15, 0.2) is 0 Å². The lowest BCUT2D eigenvalue weighted by atomic mass is 10.1. The maximum atomic E-state index is 10.9. The number of fused-ring (bicyclic) bond motifs is 1. The largest absolute Gasteiger partial charge is 0.378 e. The minimum absolute atomic E-state index is 0.0275. The van der Waals surface area contributed by atoms with E-state index >= 15 is 0 Å². The van der Waals surface area contributed by atoms with Gasteiger partial charge < -0.3 is 15.5 Å². The summed E-state index contributed by atoms with van der Waals surface area (Å²) >= 11 is 3.53. The molecule has 1 amide bonds. The highest BCUT2D eigenvalue weighted by Gasteiger charge is 2.07. The number of halogens is 1. The van der Waals surface area contributed by atoms with Gasteiger partial charge >= 0.3 is 0 Å². The van der Waals surface area contributed by atoms with Crippen molar-refractivity contribution >= 4 is 44.1 Å². The van der Waals surface area contributed by atoms with E-state index in [2.05, 4.69) is 54.6 Å². The zero-order valence-corrected chi connectivity index (χ0v) is 14.0. The first-order valence-corrected chi connectivity index (χ1v) is 7.52. The molecule has 0 radical (unpaired) electrons. The van der Waals surface area contributed by atoms with Gasteiger partial charge in [0.25, 0.3) is 0 Å². The van der Waals surface area contributed by atoms with Gasteiger partial charge in [-0.25, -0.2) is 4.98 Å². The Morgan fingerprint density at radius 3 is 2.71 bits per heavy atom. The van der Waals surface area contributed by atoms with Crippen molar-refractivity contribution in [3.05, 3.63) is 28.9 Å². The number of pyridine rings is 1. The Balaban J connectivity index is 2.27. The van der Waals surface area contributed by atoms with Crippen LogP contribution in [0.3, 0.4) is 0 Å². The van der Waals surface area contributed by atoms with Gasteiger partial charge in [-0.2, -0.15) is 0 Å². The quantitative estimate of drug-likeness (QED) is 0.813. The van der Waals surface area contributed by atoms with Crippen LogP contribution in [0.5, 0.6) is 0 Å². The molecule has 112 valence electrons. The molecule has 1 aromatic heterocycles. The summed E-state index contributed by atoms with van der Waals surface area (Å²) in [6, 6.07) is 6.26. The smallest absolute Gasteiger partial charge is 0.216 e. The molecule has 0 aliphatic carbocycles. The third-order valence-corrected chi connectivity index (χ3v) is 3.76. The zero-order valence-electron chi connectivity index (χ0n) is 12.4. The second kappa shape index (κ2) is 6.76. The van der Waals surface area contributed by atoms with E-state index < -0.39 is 0 Å². The number of rotatable bonds is 5. The van der Waals surface area contributed by atoms with Gasteiger partial charge in [-0.3, -0.25) is 4.79 Å². The highest BCUT2D eigenvalue weighted by molar-refractivity contribution is 9.10. The summed E-state index contributed by atoms with van der Waals surface area (Å²) in [4.78, 5) is 17.4. The molecule has 0 aliphatic heterocycles. The second-order valence-electron chi connectivity index (χ2n) is 4.99. The zero-order chi connectivity index (χ0) is 15.4. The summed E-state index contributed by atoms with van der Waals surface area (Å²) in [5.74, 6) is 0.794. The van der Waals surface area contributed by atoms with Crippen LogP contribution in [0.2, 0.25) is 0 Å². The lowest BCUT2D eigenvalue weighted by Crippen LogP contribution is -2.26. The number of benzene rings is 1. The van der Waals surface area contributed by atoms with E-state index in [0.29, 0.717) is 13.1 Å². The number of carbonyl (C=O) groups is 1. The lowest BCUT2D eigenvalue weighted by Gasteiger charge is -2.15. The fraction of sp³-hybridized carbons (Fsp3) is 0.333. The average Bonchev–Trinajstić information content (AvgIpc) is 2.45. The number of carbonyl (C=O) groups excluding carboxylic acids is 1. The first-order valence-electron chi connectivity index (χ1n) is 6.73. The summed E-state index contributed by atoms with van der Waals surface area (Å²) in [6.45, 7) is 2.72. The standard InChI is InChI=1S/C15H19BrN4O/c1-10(21)17-6-7-18-15-13-8-11(20(2)3)4-5-12(13)14(16)9-19-15/h4-5,8-9H,6-7H2,1-3H3,(H,17,21)(H,18,19). The molecule has 2 aromatic rings. The first kappa shape index (κ1) is 15.6. The van der Waals surface area contributed by atoms with Crippen LogP contribution in [0.15, 0.2) is 28.9 Å². The van der Waals surface area contributed by atoms with Crippen molar-refractivity contribution in [2.24, 2.45) is 0 Å². The van der Waals surface area contributed by atoms with Crippen molar-refractivity contribution in [3.8, 4) is 0 Å². The van der Waals surface area contributed by atoms with E-state index in [4.69, 9.17) is 0 Å². The average molecular weight is 351 g/mol. The number of hydrogen-bond acceptors (Lipinski definition) is 4. The lowest BCUT2D eigenvalue weighted by molar-refractivity contribution is -0.118. The number of nitrogens with zero attached hydrogens (tertiary/aromatic N) is 2. The number of nitrogens with one attached hydrogen (secondary N) is 2. The van der Waals surface area contributed by atoms with Gasteiger partial charge in [0.05, 0.1) is 0 Å². The monoisotopic (exact) mass is 350 g/mol. The maximum absolute atomic E-state index is 10.9. The molecule has 0 fully saturated rings. The van der Waals surface area contributed by atoms with Gasteiger partial charge in [0.1, 0.15) is 5.82 Å². The Morgan fingerprint density at radius 1 is 1.29 bits per heavy atom. The minimum Gasteiger partial charge on any atom is -0.378 e. The Bertz CT molecular complexity index is 657. The molecule has 0 aliphatic rings. The van der Waals surface area contributed by atoms with E-state index in [1.807, 2.05) is 14.1 Å². The summed E-state index contributed by atoms with van der Waals surface area (Å²) in [7, 11) is 4.02. The number of aromatic nitrogens is 1. The van der Waals surface area contributed by atoms with Crippen LogP contribution < -0.4 is 15.5 Å². The van der Waals surface area contributed by atoms with Crippen LogP contribution in [-0.2, 0) is 4.79 Å². The Labute approximate surface area is 132 Å². The van der Waals surface area contributed by atoms with Gasteiger partial charge in [-0.1, -0.05) is 6.07 Å². The molecule has 6 heteroatoms. The number of amides is 1. The van der Waals surface area contributed by atoms with Gasteiger partial charge in [0.2, 0.25) is 5.91 Å². The normalized spacial score (nSPS) is 10.5. The molecular weight excluding hydrogens is 332 g/mol. The predicted molar refractivity (Wildman–Crippen MR) is 90.9 cm³/mol. The first-order chi connectivity index (χ1) is 9.99. The van der Waals surface area contributed by atoms with Crippen molar-refractivity contribution in [1.29, 1.82) is 0 Å². The van der Waals surface area contributed by atoms with Crippen LogP contribution in [0.4, 0.5) is 11.5 Å². The van der Waals surface area contributed by atoms with Gasteiger partial charge in [0, 0.05) is 61.2 Å². The maximum Gasteiger partial charge on any atom is 0.216 e. The predicted octanol–water partition coefficient (Wildman–Crippen LogP) is 2.61. The van der Waals surface area contributed by atoms with Crippen molar-refractivity contribution in [1.82, 2.24) is 10.3 Å². The fourth-order valence-electron chi connectivity index (χ4n) is 2.04. The van der Waals surface area contributed by atoms with Crippen LogP contribution in [0.1, 0.15) is 6.92 Å². The molecule has 0 bridgehead atoms. The van der Waals surface area contributed by atoms with E-state index in [0.717, 1.165) is 26.8 Å². The highest BCUT2D eigenvalue weighted by Crippen LogP contribution is 2.31. The van der Waals surface area contributed by atoms with Crippen molar-refractivity contribution in [2.45, 2.75) is 6.92 Å². The van der Waals surface area contributed by atoms with Crippen LogP contribution in [0, 0.1) is 0 Å². The number of hydrogen-bond donors (Lipinski definition) is 2. The minimum atomic E-state index is -0.0275. The molecule has 1 aromatic carbocycles. The van der Waals surface area contributed by atoms with Crippen molar-refractivity contribution in [3.63, 3.8) is 0 Å². The Hall–Kier alpha value is -1.82. The molecule has 1 heterocycles. The molecule has 0 saturated heterocycles. The van der Waals surface area contributed by atoms with E-state index in [-0.39, 0.29) is 5.91 Å². The summed E-state index contributed by atoms with van der Waals surface area (Å²) in [5.41, 5.74) is 1.12. The van der Waals surface area contributed by atoms with E-state index in [1.165, 1.54) is 6.92 Å². The van der Waals surface area contributed by atoms with E-state index in [1.54, 1.807) is 6.20 Å². The molecule has 0 atom stereocenters. The third-order valence-electron chi connectivity index (χ3n) is 3.13. The summed E-state index contributed by atoms with van der Waals surface area (Å²) in [5, 5.41) is 8.19. The molecular formula is C15H19BrN4O. The second-order valence-corrected chi connectivity index (χ2v) is 5.84. The fourth-order valence-corrected chi connectivity index (χ4v) is 2.48. The summed E-state index contributed by atoms with van der Waals surface area (Å²) < 4.78 is 0.968. The SMILES string of the molecule is CC(=O)NCCNc1ncc(Br)c2ccc(N(C)C)cc12. The Kier molecular flexibility index (Phi) is 5.01.